The summed E-state index contributed by atoms with van der Waals surface area (Å²) in [5.41, 5.74) is 7.59. The molecule has 0 bridgehead atoms. The number of pyridine rings is 2. The van der Waals surface area contributed by atoms with E-state index < -0.39 is 4.92 Å². The van der Waals surface area contributed by atoms with Gasteiger partial charge < -0.3 is 10.9 Å². The van der Waals surface area contributed by atoms with Crippen molar-refractivity contribution in [2.45, 2.75) is 13.8 Å². The number of aromatic nitrogens is 2. The zero-order valence-electron chi connectivity index (χ0n) is 11.2. The second kappa shape index (κ2) is 7.32. The third-order valence-corrected chi connectivity index (χ3v) is 4.38. The molecule has 2 N–H and O–H groups in total. The molecule has 0 saturated heterocycles. The summed E-state index contributed by atoms with van der Waals surface area (Å²) in [4.78, 5) is 13.8. The fraction of sp³-hybridized carbons (Fsp3) is 0.167. The first-order valence-electron chi connectivity index (χ1n) is 5.65. The van der Waals surface area contributed by atoms with Gasteiger partial charge in [-0.25, -0.2) is 4.98 Å². The van der Waals surface area contributed by atoms with Crippen LogP contribution in [0.3, 0.4) is 0 Å². The van der Waals surface area contributed by atoms with Crippen LogP contribution in [0.1, 0.15) is 11.1 Å². The van der Waals surface area contributed by atoms with Gasteiger partial charge in [-0.1, -0.05) is 0 Å². The van der Waals surface area contributed by atoms with E-state index in [2.05, 4.69) is 36.8 Å². The van der Waals surface area contributed by atoms with Crippen LogP contribution in [-0.2, 0) is 0 Å². The van der Waals surface area contributed by atoms with Gasteiger partial charge >= 0.3 is 0 Å². The number of nitrogens with two attached hydrogens (primary N) is 1. The largest absolute Gasteiger partial charge is 0.618 e. The normalized spacial score (nSPS) is 9.71. The molecule has 0 aromatic carbocycles. The summed E-state index contributed by atoms with van der Waals surface area (Å²) in [7, 11) is 0. The summed E-state index contributed by atoms with van der Waals surface area (Å²) in [6, 6.07) is 2.95. The van der Waals surface area contributed by atoms with Gasteiger partial charge in [-0.3, -0.25) is 10.1 Å². The number of halogens is 2. The van der Waals surface area contributed by atoms with Crippen LogP contribution < -0.4 is 10.5 Å². The number of rotatable bonds is 1. The van der Waals surface area contributed by atoms with Crippen molar-refractivity contribution in [3.8, 4) is 0 Å². The molecule has 0 aliphatic heterocycles. The van der Waals surface area contributed by atoms with Gasteiger partial charge in [-0.15, -0.1) is 0 Å². The monoisotopic (exact) mass is 418 g/mol. The number of hydrogen-bond acceptors (Lipinski definition) is 5. The Morgan fingerprint density at radius 1 is 1.29 bits per heavy atom. The Hall–Kier alpha value is -1.74. The lowest BCUT2D eigenvalue weighted by Crippen LogP contribution is -2.28. The van der Waals surface area contributed by atoms with E-state index in [-0.39, 0.29) is 10.3 Å². The van der Waals surface area contributed by atoms with Gasteiger partial charge in [0.1, 0.15) is 10.2 Å². The van der Waals surface area contributed by atoms with E-state index in [1.807, 2.05) is 6.92 Å². The Balaban J connectivity index is 0.000000219. The molecule has 0 saturated carbocycles. The fourth-order valence-electron chi connectivity index (χ4n) is 1.32. The molecule has 0 spiro atoms. The summed E-state index contributed by atoms with van der Waals surface area (Å²) >= 11 is 6.20. The first-order chi connectivity index (χ1) is 9.75. The van der Waals surface area contributed by atoms with Crippen LogP contribution in [0.2, 0.25) is 0 Å². The quantitative estimate of drug-likeness (QED) is 0.251. The molecule has 0 unspecified atom stereocenters. The summed E-state index contributed by atoms with van der Waals surface area (Å²) < 4.78 is 1.53. The Labute approximate surface area is 137 Å². The van der Waals surface area contributed by atoms with Crippen LogP contribution in [0, 0.1) is 29.2 Å². The van der Waals surface area contributed by atoms with Crippen molar-refractivity contribution in [1.82, 2.24) is 4.98 Å². The number of hydrogen-bond donors (Lipinski definition) is 1. The minimum Gasteiger partial charge on any atom is -0.618 e. The van der Waals surface area contributed by atoms with Crippen LogP contribution in [0.25, 0.3) is 0 Å². The van der Waals surface area contributed by atoms with Gasteiger partial charge in [0.15, 0.2) is 6.20 Å². The van der Waals surface area contributed by atoms with E-state index in [1.165, 1.54) is 13.0 Å². The SMILES string of the molecule is Cc1c(N)ccnc1Br.Cc1c([N+](=O)[O-])cc[n+]([O-])c1Br. The number of anilines is 1. The second-order valence-corrected chi connectivity index (χ2v) is 5.52. The molecule has 2 rings (SSSR count). The molecular weight excluding hydrogens is 408 g/mol. The first-order valence-corrected chi connectivity index (χ1v) is 7.23. The molecule has 7 nitrogen and oxygen atoms in total. The van der Waals surface area contributed by atoms with Gasteiger partial charge in [0, 0.05) is 33.4 Å². The molecular formula is C12H12Br2N4O3. The van der Waals surface area contributed by atoms with Crippen molar-refractivity contribution in [2.24, 2.45) is 0 Å². The molecule has 0 aliphatic rings. The highest BCUT2D eigenvalue weighted by Crippen LogP contribution is 2.21. The summed E-state index contributed by atoms with van der Waals surface area (Å²) in [5.74, 6) is 0. The number of nitrogens with zero attached hydrogens (tertiary/aromatic N) is 3. The molecule has 0 amide bonds. The zero-order chi connectivity index (χ0) is 16.2. The number of nitrogen functional groups attached to an aromatic ring is 1. The summed E-state index contributed by atoms with van der Waals surface area (Å²) in [6.45, 7) is 3.43. The van der Waals surface area contributed by atoms with Gasteiger partial charge in [-0.2, -0.15) is 4.73 Å². The minimum atomic E-state index is -0.528. The summed E-state index contributed by atoms with van der Waals surface area (Å²) in [5, 5.41) is 21.2. The zero-order valence-corrected chi connectivity index (χ0v) is 14.4. The number of nitro groups is 1. The maximum atomic E-state index is 10.9. The van der Waals surface area contributed by atoms with Crippen molar-refractivity contribution in [3.63, 3.8) is 0 Å². The van der Waals surface area contributed by atoms with Crippen molar-refractivity contribution >= 4 is 43.2 Å². The van der Waals surface area contributed by atoms with E-state index in [0.717, 1.165) is 22.1 Å². The van der Waals surface area contributed by atoms with E-state index in [0.29, 0.717) is 10.3 Å². The molecule has 0 radical (unpaired) electrons. The predicted molar refractivity (Wildman–Crippen MR) is 85.6 cm³/mol. The van der Waals surface area contributed by atoms with Crippen LogP contribution in [0.4, 0.5) is 11.4 Å². The lowest BCUT2D eigenvalue weighted by Gasteiger charge is -2.00. The third kappa shape index (κ3) is 4.36. The highest BCUT2D eigenvalue weighted by Gasteiger charge is 2.18. The van der Waals surface area contributed by atoms with E-state index in [4.69, 9.17) is 5.73 Å². The molecule has 9 heteroatoms. The molecule has 2 heterocycles. The Morgan fingerprint density at radius 2 is 1.90 bits per heavy atom. The lowest BCUT2D eigenvalue weighted by atomic mass is 10.3. The maximum Gasteiger partial charge on any atom is 0.285 e. The van der Waals surface area contributed by atoms with Crippen molar-refractivity contribution in [1.29, 1.82) is 0 Å². The van der Waals surface area contributed by atoms with E-state index >= 15 is 0 Å². The average Bonchev–Trinajstić information content (AvgIpc) is 2.42. The average molecular weight is 420 g/mol. The Bertz CT molecular complexity index is 660. The third-order valence-electron chi connectivity index (χ3n) is 2.64. The van der Waals surface area contributed by atoms with Gasteiger partial charge in [0.25, 0.3) is 10.3 Å². The van der Waals surface area contributed by atoms with Gasteiger partial charge in [-0.05, 0) is 35.8 Å². The van der Waals surface area contributed by atoms with E-state index in [9.17, 15) is 15.3 Å². The van der Waals surface area contributed by atoms with Crippen molar-refractivity contribution < 1.29 is 9.65 Å². The lowest BCUT2D eigenvalue weighted by molar-refractivity contribution is -0.618. The van der Waals surface area contributed by atoms with Crippen LogP contribution in [0.5, 0.6) is 0 Å². The smallest absolute Gasteiger partial charge is 0.285 e. The summed E-state index contributed by atoms with van der Waals surface area (Å²) in [6.07, 6.45) is 2.77. The standard InChI is InChI=1S/C6H5BrN2O3.C6H7BrN2/c1-4-5(9(11)12)2-3-8(10)6(4)7;1-4-5(8)2-3-9-6(4)7/h2-3H,1H3;2-3H,1H3,(H2,8,9). The van der Waals surface area contributed by atoms with Crippen molar-refractivity contribution in [3.05, 3.63) is 60.2 Å². The van der Waals surface area contributed by atoms with E-state index in [1.54, 1.807) is 12.3 Å². The van der Waals surface area contributed by atoms with Crippen LogP contribution in [0.15, 0.2) is 33.7 Å². The molecule has 112 valence electrons. The molecule has 2 aromatic heterocycles. The van der Waals surface area contributed by atoms with Gasteiger partial charge in [0.2, 0.25) is 0 Å². The molecule has 0 fully saturated rings. The molecule has 0 aliphatic carbocycles. The first kappa shape index (κ1) is 17.3. The van der Waals surface area contributed by atoms with Gasteiger partial charge in [0.05, 0.1) is 11.0 Å². The minimum absolute atomic E-state index is 0.0611. The molecule has 0 atom stereocenters. The van der Waals surface area contributed by atoms with Crippen molar-refractivity contribution in [2.75, 3.05) is 5.73 Å². The Kier molecular flexibility index (Phi) is 6.03. The predicted octanol–water partition coefficient (Wildman–Crippen LogP) is 3.03. The maximum absolute atomic E-state index is 10.9. The highest BCUT2D eigenvalue weighted by atomic mass is 79.9. The molecule has 21 heavy (non-hydrogen) atoms. The highest BCUT2D eigenvalue weighted by molar-refractivity contribution is 9.10. The second-order valence-electron chi connectivity index (χ2n) is 4.02. The fourth-order valence-corrected chi connectivity index (χ4v) is 1.99. The molecule has 2 aromatic rings. The van der Waals surface area contributed by atoms with Crippen LogP contribution >= 0.6 is 31.9 Å². The Morgan fingerprint density at radius 3 is 2.38 bits per heavy atom. The topological polar surface area (TPSA) is 109 Å². The van der Waals surface area contributed by atoms with Crippen LogP contribution in [-0.4, -0.2) is 9.91 Å².